The molecule has 0 radical (unpaired) electrons. The van der Waals surface area contributed by atoms with E-state index in [4.69, 9.17) is 4.74 Å². The summed E-state index contributed by atoms with van der Waals surface area (Å²) in [6.07, 6.45) is 3.04. The van der Waals surface area contributed by atoms with Gasteiger partial charge in [0.25, 0.3) is 0 Å². The summed E-state index contributed by atoms with van der Waals surface area (Å²) in [5.41, 5.74) is -0.440. The lowest BCUT2D eigenvalue weighted by Gasteiger charge is -2.32. The molecule has 2 heterocycles. The molecule has 3 nitrogen and oxygen atoms in total. The van der Waals surface area contributed by atoms with Crippen LogP contribution in [0.1, 0.15) is 19.3 Å². The Balaban J connectivity index is 1.63. The normalized spacial score (nSPS) is 30.6. The Kier molecular flexibility index (Phi) is 4.31. The van der Waals surface area contributed by atoms with E-state index in [-0.39, 0.29) is 0 Å². The molecule has 2 aliphatic rings. The summed E-state index contributed by atoms with van der Waals surface area (Å²) < 4.78 is 5.32. The third kappa shape index (κ3) is 3.63. The van der Waals surface area contributed by atoms with Crippen molar-refractivity contribution in [3.8, 4) is 0 Å². The third-order valence-corrected chi connectivity index (χ3v) is 4.32. The van der Waals surface area contributed by atoms with E-state index in [0.29, 0.717) is 5.92 Å². The molecule has 88 valence electrons. The van der Waals surface area contributed by atoms with Gasteiger partial charge in [-0.1, -0.05) is 0 Å². The first kappa shape index (κ1) is 11.7. The number of hydrogen-bond acceptors (Lipinski definition) is 4. The van der Waals surface area contributed by atoms with E-state index in [0.717, 1.165) is 50.7 Å². The molecule has 1 atom stereocenters. The van der Waals surface area contributed by atoms with Crippen LogP contribution in [0.2, 0.25) is 0 Å². The predicted octanol–water partition coefficient (Wildman–Crippen LogP) is 0.871. The molecule has 0 spiro atoms. The Morgan fingerprint density at radius 3 is 2.87 bits per heavy atom. The van der Waals surface area contributed by atoms with Gasteiger partial charge in [0.05, 0.1) is 12.2 Å². The van der Waals surface area contributed by atoms with Crippen LogP contribution in [0.25, 0.3) is 0 Å². The maximum absolute atomic E-state index is 10.2. The van der Waals surface area contributed by atoms with Crippen molar-refractivity contribution >= 4 is 11.8 Å². The first-order valence-electron chi connectivity index (χ1n) is 5.87. The second-order valence-electron chi connectivity index (χ2n) is 4.70. The van der Waals surface area contributed by atoms with E-state index in [1.54, 1.807) is 0 Å². The van der Waals surface area contributed by atoms with Gasteiger partial charge in [0.1, 0.15) is 0 Å². The predicted molar refractivity (Wildman–Crippen MR) is 63.3 cm³/mol. The number of aliphatic hydroxyl groups is 1. The summed E-state index contributed by atoms with van der Waals surface area (Å²) >= 11 is 1.95. The summed E-state index contributed by atoms with van der Waals surface area (Å²) in [4.78, 5) is 0. The standard InChI is InChI=1S/C11H21NO2S/c13-11(2-5-15-6-3-11)9-12-7-10-1-4-14-8-10/h10,12-13H,1-9H2. The van der Waals surface area contributed by atoms with Crippen molar-refractivity contribution in [2.45, 2.75) is 24.9 Å². The molecular weight excluding hydrogens is 210 g/mol. The van der Waals surface area contributed by atoms with Gasteiger partial charge in [0, 0.05) is 19.7 Å². The first-order valence-corrected chi connectivity index (χ1v) is 7.03. The van der Waals surface area contributed by atoms with Gasteiger partial charge < -0.3 is 15.2 Å². The SMILES string of the molecule is OC1(CNCC2CCOC2)CCSCC1. The van der Waals surface area contributed by atoms with Gasteiger partial charge >= 0.3 is 0 Å². The summed E-state index contributed by atoms with van der Waals surface area (Å²) in [7, 11) is 0. The van der Waals surface area contributed by atoms with Gasteiger partial charge in [-0.2, -0.15) is 11.8 Å². The molecule has 0 bridgehead atoms. The van der Waals surface area contributed by atoms with Gasteiger partial charge in [0.15, 0.2) is 0 Å². The Morgan fingerprint density at radius 1 is 1.40 bits per heavy atom. The highest BCUT2D eigenvalue weighted by atomic mass is 32.2. The molecular formula is C11H21NO2S. The monoisotopic (exact) mass is 231 g/mol. The minimum atomic E-state index is -0.440. The number of rotatable bonds is 4. The first-order chi connectivity index (χ1) is 7.29. The molecule has 0 aromatic rings. The lowest BCUT2D eigenvalue weighted by atomic mass is 9.96. The fourth-order valence-corrected chi connectivity index (χ4v) is 3.43. The Morgan fingerprint density at radius 2 is 2.20 bits per heavy atom. The molecule has 2 saturated heterocycles. The van der Waals surface area contributed by atoms with E-state index in [2.05, 4.69) is 5.32 Å². The molecule has 4 heteroatoms. The van der Waals surface area contributed by atoms with Crippen LogP contribution in [-0.4, -0.2) is 48.5 Å². The van der Waals surface area contributed by atoms with Crippen molar-refractivity contribution in [2.75, 3.05) is 37.8 Å². The van der Waals surface area contributed by atoms with E-state index in [1.807, 2.05) is 11.8 Å². The Bertz CT molecular complexity index is 189. The van der Waals surface area contributed by atoms with Crippen LogP contribution in [0.3, 0.4) is 0 Å². The molecule has 0 aliphatic carbocycles. The summed E-state index contributed by atoms with van der Waals surface area (Å²) in [6, 6.07) is 0. The lowest BCUT2D eigenvalue weighted by molar-refractivity contribution is 0.0314. The summed E-state index contributed by atoms with van der Waals surface area (Å²) in [5, 5.41) is 13.6. The van der Waals surface area contributed by atoms with Gasteiger partial charge in [-0.25, -0.2) is 0 Å². The minimum absolute atomic E-state index is 0.440. The second kappa shape index (κ2) is 5.53. The van der Waals surface area contributed by atoms with Crippen molar-refractivity contribution in [3.05, 3.63) is 0 Å². The molecule has 0 aromatic carbocycles. The molecule has 15 heavy (non-hydrogen) atoms. The van der Waals surface area contributed by atoms with E-state index >= 15 is 0 Å². The van der Waals surface area contributed by atoms with Crippen molar-refractivity contribution < 1.29 is 9.84 Å². The van der Waals surface area contributed by atoms with Crippen LogP contribution < -0.4 is 5.32 Å². The maximum Gasteiger partial charge on any atom is 0.0787 e. The minimum Gasteiger partial charge on any atom is -0.389 e. The van der Waals surface area contributed by atoms with Crippen LogP contribution in [0.4, 0.5) is 0 Å². The molecule has 0 aromatic heterocycles. The Labute approximate surface area is 96.0 Å². The highest BCUT2D eigenvalue weighted by Crippen LogP contribution is 2.26. The second-order valence-corrected chi connectivity index (χ2v) is 5.92. The fourth-order valence-electron chi connectivity index (χ4n) is 2.18. The van der Waals surface area contributed by atoms with E-state index in [1.165, 1.54) is 6.42 Å². The van der Waals surface area contributed by atoms with Gasteiger partial charge in [-0.3, -0.25) is 0 Å². The zero-order valence-corrected chi connectivity index (χ0v) is 10.0. The maximum atomic E-state index is 10.2. The smallest absolute Gasteiger partial charge is 0.0787 e. The quantitative estimate of drug-likeness (QED) is 0.753. The van der Waals surface area contributed by atoms with Gasteiger partial charge in [-0.15, -0.1) is 0 Å². The van der Waals surface area contributed by atoms with Crippen LogP contribution in [0.15, 0.2) is 0 Å². The van der Waals surface area contributed by atoms with Gasteiger partial charge in [0.2, 0.25) is 0 Å². The molecule has 0 saturated carbocycles. The van der Waals surface area contributed by atoms with Crippen molar-refractivity contribution in [3.63, 3.8) is 0 Å². The number of hydrogen-bond donors (Lipinski definition) is 2. The van der Waals surface area contributed by atoms with E-state index < -0.39 is 5.60 Å². The molecule has 1 unspecified atom stereocenters. The highest BCUT2D eigenvalue weighted by Gasteiger charge is 2.29. The lowest BCUT2D eigenvalue weighted by Crippen LogP contribution is -2.44. The molecule has 2 N–H and O–H groups in total. The van der Waals surface area contributed by atoms with Crippen LogP contribution in [-0.2, 0) is 4.74 Å². The van der Waals surface area contributed by atoms with Crippen LogP contribution in [0, 0.1) is 5.92 Å². The zero-order chi connectivity index (χ0) is 10.6. The topological polar surface area (TPSA) is 41.5 Å². The van der Waals surface area contributed by atoms with E-state index in [9.17, 15) is 5.11 Å². The van der Waals surface area contributed by atoms with Crippen molar-refractivity contribution in [1.29, 1.82) is 0 Å². The summed E-state index contributed by atoms with van der Waals surface area (Å²) in [5.74, 6) is 2.86. The molecule has 0 amide bonds. The largest absolute Gasteiger partial charge is 0.389 e. The number of thioether (sulfide) groups is 1. The summed E-state index contributed by atoms with van der Waals surface area (Å²) in [6.45, 7) is 3.55. The third-order valence-electron chi connectivity index (χ3n) is 3.33. The Hall–Kier alpha value is 0.230. The van der Waals surface area contributed by atoms with Crippen molar-refractivity contribution in [1.82, 2.24) is 5.32 Å². The zero-order valence-electron chi connectivity index (χ0n) is 9.21. The molecule has 2 fully saturated rings. The highest BCUT2D eigenvalue weighted by molar-refractivity contribution is 7.99. The number of nitrogens with one attached hydrogen (secondary N) is 1. The molecule has 2 rings (SSSR count). The average Bonchev–Trinajstić information content (AvgIpc) is 2.71. The average molecular weight is 231 g/mol. The fraction of sp³-hybridized carbons (Fsp3) is 1.00. The van der Waals surface area contributed by atoms with Gasteiger partial charge in [-0.05, 0) is 36.7 Å². The van der Waals surface area contributed by atoms with Crippen LogP contribution in [0.5, 0.6) is 0 Å². The van der Waals surface area contributed by atoms with Crippen LogP contribution >= 0.6 is 11.8 Å². The number of ether oxygens (including phenoxy) is 1. The van der Waals surface area contributed by atoms with Crippen molar-refractivity contribution in [2.24, 2.45) is 5.92 Å². The molecule has 2 aliphatic heterocycles.